The van der Waals surface area contributed by atoms with Gasteiger partial charge in [0, 0.05) is 53.5 Å². The lowest BCUT2D eigenvalue weighted by atomic mass is 10.2. The Kier molecular flexibility index (Phi) is 11.7. The number of sulfonamides is 1. The van der Waals surface area contributed by atoms with Gasteiger partial charge in [0.15, 0.2) is 5.96 Å². The first-order chi connectivity index (χ1) is 13.0. The van der Waals surface area contributed by atoms with Crippen LogP contribution in [-0.2, 0) is 21.3 Å². The van der Waals surface area contributed by atoms with E-state index in [-0.39, 0.29) is 12.3 Å². The monoisotopic (exact) mass is 399 g/mol. The highest BCUT2D eigenvalue weighted by atomic mass is 32.2. The predicted molar refractivity (Wildman–Crippen MR) is 110 cm³/mol. The molecule has 8 nitrogen and oxygen atoms in total. The molecule has 0 saturated heterocycles. The van der Waals surface area contributed by atoms with Crippen LogP contribution in [0.1, 0.15) is 12.0 Å². The number of likely N-dealkylation sites (N-methyl/N-ethyl adjacent to an activating group) is 1. The van der Waals surface area contributed by atoms with Crippen molar-refractivity contribution in [1.29, 1.82) is 0 Å². The zero-order valence-electron chi connectivity index (χ0n) is 16.6. The summed E-state index contributed by atoms with van der Waals surface area (Å²) in [7, 11) is 2.08. The quantitative estimate of drug-likeness (QED) is 0.250. The fraction of sp³-hybridized carbons (Fsp3) is 0.611. The molecule has 1 aromatic carbocycles. The number of hydrogen-bond acceptors (Lipinski definition) is 5. The normalized spacial score (nSPS) is 12.4. The fourth-order valence-corrected chi connectivity index (χ4v) is 3.24. The molecule has 0 aromatic heterocycles. The summed E-state index contributed by atoms with van der Waals surface area (Å²) in [6.07, 6.45) is 0.994. The zero-order valence-corrected chi connectivity index (χ0v) is 17.4. The molecular formula is C18H33N5O3S. The van der Waals surface area contributed by atoms with Crippen LogP contribution in [0.3, 0.4) is 0 Å². The lowest BCUT2D eigenvalue weighted by molar-refractivity contribution is 0.180. The second-order valence-corrected chi connectivity index (χ2v) is 8.13. The van der Waals surface area contributed by atoms with Crippen molar-refractivity contribution in [2.45, 2.75) is 13.0 Å². The first-order valence-electron chi connectivity index (χ1n) is 9.10. The topological polar surface area (TPSA) is 95.1 Å². The third kappa shape index (κ3) is 11.6. The molecule has 0 fully saturated rings. The molecule has 0 heterocycles. The number of rotatable bonds is 13. The Labute approximate surface area is 163 Å². The SMILES string of the molecule is CN=C(NCCN(C)CCCOC)NCCS(=O)(=O)NCc1ccccc1. The maximum atomic E-state index is 12.1. The van der Waals surface area contributed by atoms with Crippen molar-refractivity contribution in [3.63, 3.8) is 0 Å². The van der Waals surface area contributed by atoms with E-state index in [2.05, 4.69) is 32.3 Å². The summed E-state index contributed by atoms with van der Waals surface area (Å²) >= 11 is 0. The molecule has 154 valence electrons. The molecule has 27 heavy (non-hydrogen) atoms. The molecule has 0 bridgehead atoms. The Morgan fingerprint density at radius 3 is 2.52 bits per heavy atom. The van der Waals surface area contributed by atoms with Gasteiger partial charge >= 0.3 is 0 Å². The highest BCUT2D eigenvalue weighted by molar-refractivity contribution is 7.89. The molecule has 0 atom stereocenters. The van der Waals surface area contributed by atoms with Crippen molar-refractivity contribution < 1.29 is 13.2 Å². The van der Waals surface area contributed by atoms with Crippen molar-refractivity contribution in [2.75, 3.05) is 59.7 Å². The first kappa shape index (κ1) is 23.4. The summed E-state index contributed by atoms with van der Waals surface area (Å²) in [4.78, 5) is 6.32. The summed E-state index contributed by atoms with van der Waals surface area (Å²) in [5, 5.41) is 6.22. The van der Waals surface area contributed by atoms with Crippen LogP contribution in [0.4, 0.5) is 0 Å². The standard InChI is InChI=1S/C18H33N5O3S/c1-19-18(20-10-13-23(2)12-7-14-26-3)21-11-15-27(24,25)22-16-17-8-5-4-6-9-17/h4-6,8-9,22H,7,10-16H2,1-3H3,(H2,19,20,21). The number of benzene rings is 1. The molecule has 0 unspecified atom stereocenters. The van der Waals surface area contributed by atoms with Gasteiger partial charge in [-0.1, -0.05) is 30.3 Å². The van der Waals surface area contributed by atoms with E-state index in [9.17, 15) is 8.42 Å². The van der Waals surface area contributed by atoms with E-state index in [4.69, 9.17) is 4.74 Å². The number of ether oxygens (including phenoxy) is 1. The van der Waals surface area contributed by atoms with Gasteiger partial charge in [0.05, 0.1) is 5.75 Å². The molecule has 0 amide bonds. The van der Waals surface area contributed by atoms with E-state index in [1.807, 2.05) is 30.3 Å². The van der Waals surface area contributed by atoms with Gasteiger partial charge in [-0.05, 0) is 19.0 Å². The van der Waals surface area contributed by atoms with Crippen molar-refractivity contribution in [2.24, 2.45) is 4.99 Å². The molecule has 0 spiro atoms. The maximum Gasteiger partial charge on any atom is 0.213 e. The Bertz CT molecular complexity index is 638. The minimum Gasteiger partial charge on any atom is -0.385 e. The van der Waals surface area contributed by atoms with Gasteiger partial charge in [-0.25, -0.2) is 13.1 Å². The Hall–Kier alpha value is -1.68. The maximum absolute atomic E-state index is 12.1. The smallest absolute Gasteiger partial charge is 0.213 e. The van der Waals surface area contributed by atoms with Gasteiger partial charge in [0.25, 0.3) is 0 Å². The van der Waals surface area contributed by atoms with Crippen LogP contribution in [0.25, 0.3) is 0 Å². The molecule has 0 saturated carbocycles. The Morgan fingerprint density at radius 1 is 1.15 bits per heavy atom. The van der Waals surface area contributed by atoms with E-state index in [0.29, 0.717) is 12.5 Å². The molecule has 0 aliphatic rings. The Balaban J connectivity index is 2.21. The van der Waals surface area contributed by atoms with E-state index < -0.39 is 10.0 Å². The summed E-state index contributed by atoms with van der Waals surface area (Å²) in [6.45, 7) is 3.89. The number of aliphatic imine (C=N–C) groups is 1. The summed E-state index contributed by atoms with van der Waals surface area (Å²) < 4.78 is 31.8. The van der Waals surface area contributed by atoms with Gasteiger partial charge < -0.3 is 20.3 Å². The third-order valence-electron chi connectivity index (χ3n) is 3.90. The zero-order chi connectivity index (χ0) is 20.0. The molecule has 0 radical (unpaired) electrons. The molecule has 1 rings (SSSR count). The van der Waals surface area contributed by atoms with Crippen LogP contribution in [0.5, 0.6) is 0 Å². The highest BCUT2D eigenvalue weighted by Crippen LogP contribution is 1.98. The fourth-order valence-electron chi connectivity index (χ4n) is 2.34. The van der Waals surface area contributed by atoms with Crippen LogP contribution < -0.4 is 15.4 Å². The highest BCUT2D eigenvalue weighted by Gasteiger charge is 2.10. The lowest BCUT2D eigenvalue weighted by Crippen LogP contribution is -2.43. The lowest BCUT2D eigenvalue weighted by Gasteiger charge is -2.18. The number of methoxy groups -OCH3 is 1. The van der Waals surface area contributed by atoms with Crippen molar-refractivity contribution in [3.05, 3.63) is 35.9 Å². The van der Waals surface area contributed by atoms with E-state index >= 15 is 0 Å². The number of guanidine groups is 1. The van der Waals surface area contributed by atoms with Crippen LogP contribution in [-0.4, -0.2) is 79.0 Å². The van der Waals surface area contributed by atoms with Crippen LogP contribution in [0, 0.1) is 0 Å². The summed E-state index contributed by atoms with van der Waals surface area (Å²) in [6, 6.07) is 9.45. The number of nitrogens with zero attached hydrogens (tertiary/aromatic N) is 2. The van der Waals surface area contributed by atoms with Gasteiger partial charge in [0.2, 0.25) is 10.0 Å². The van der Waals surface area contributed by atoms with E-state index in [1.165, 1.54) is 0 Å². The summed E-state index contributed by atoms with van der Waals surface area (Å²) in [5.41, 5.74) is 0.932. The molecule has 0 aliphatic carbocycles. The number of hydrogen-bond donors (Lipinski definition) is 3. The molecule has 9 heteroatoms. The van der Waals surface area contributed by atoms with E-state index in [0.717, 1.165) is 38.2 Å². The molecule has 0 aliphatic heterocycles. The van der Waals surface area contributed by atoms with Gasteiger partial charge in [0.1, 0.15) is 0 Å². The third-order valence-corrected chi connectivity index (χ3v) is 5.23. The van der Waals surface area contributed by atoms with Crippen LogP contribution >= 0.6 is 0 Å². The van der Waals surface area contributed by atoms with Gasteiger partial charge in [-0.3, -0.25) is 4.99 Å². The summed E-state index contributed by atoms with van der Waals surface area (Å²) in [5.74, 6) is 0.579. The van der Waals surface area contributed by atoms with Crippen molar-refractivity contribution >= 4 is 16.0 Å². The average Bonchev–Trinajstić information content (AvgIpc) is 2.66. The van der Waals surface area contributed by atoms with E-state index in [1.54, 1.807) is 14.2 Å². The first-order valence-corrected chi connectivity index (χ1v) is 10.8. The number of nitrogens with one attached hydrogen (secondary N) is 3. The minimum absolute atomic E-state index is 0.0164. The van der Waals surface area contributed by atoms with Crippen LogP contribution in [0.15, 0.2) is 35.3 Å². The van der Waals surface area contributed by atoms with Crippen LogP contribution in [0.2, 0.25) is 0 Å². The second kappa shape index (κ2) is 13.5. The Morgan fingerprint density at radius 2 is 1.85 bits per heavy atom. The second-order valence-electron chi connectivity index (χ2n) is 6.20. The van der Waals surface area contributed by atoms with Gasteiger partial charge in [-0.15, -0.1) is 0 Å². The minimum atomic E-state index is -3.35. The predicted octanol–water partition coefficient (Wildman–Crippen LogP) is 0.239. The van der Waals surface area contributed by atoms with Crippen molar-refractivity contribution in [3.8, 4) is 0 Å². The molecular weight excluding hydrogens is 366 g/mol. The van der Waals surface area contributed by atoms with Gasteiger partial charge in [-0.2, -0.15) is 0 Å². The largest absolute Gasteiger partial charge is 0.385 e. The van der Waals surface area contributed by atoms with Crippen molar-refractivity contribution in [1.82, 2.24) is 20.3 Å². The molecule has 1 aromatic rings. The molecule has 3 N–H and O–H groups in total. The average molecular weight is 400 g/mol.